The first-order chi connectivity index (χ1) is 28.6. The molecule has 4 bridgehead atoms. The Hall–Kier alpha value is -4.83. The highest BCUT2D eigenvalue weighted by Gasteiger charge is 2.50. The summed E-state index contributed by atoms with van der Waals surface area (Å²) in [7, 11) is 1.47. The van der Waals surface area contributed by atoms with Gasteiger partial charge in [-0.2, -0.15) is 0 Å². The number of phenolic OH excluding ortho intramolecular Hbond substituents is 2. The van der Waals surface area contributed by atoms with Gasteiger partial charge in [0.2, 0.25) is 0 Å². The lowest BCUT2D eigenvalue weighted by atomic mass is 9.78. The lowest BCUT2D eigenvalue weighted by molar-refractivity contribution is -0.160. The topological polar surface area (TPSA) is 209 Å². The van der Waals surface area contributed by atoms with Gasteiger partial charge in [0.1, 0.15) is 28.6 Å². The fraction of sp³-hybridized carbons (Fsp3) is 0.587. The third-order valence-corrected chi connectivity index (χ3v) is 12.9. The Labute approximate surface area is 356 Å². The van der Waals surface area contributed by atoms with Crippen LogP contribution in [0.25, 0.3) is 10.8 Å². The van der Waals surface area contributed by atoms with Crippen LogP contribution in [0.1, 0.15) is 91.1 Å². The number of aromatic hydroxyl groups is 2. The number of nitrogens with zero attached hydrogens (tertiary/aromatic N) is 3. The lowest BCUT2D eigenvalue weighted by Gasteiger charge is -2.38. The highest BCUT2D eigenvalue weighted by atomic mass is 16.7. The van der Waals surface area contributed by atoms with Crippen LogP contribution < -0.4 is 20.8 Å². The van der Waals surface area contributed by atoms with E-state index in [0.29, 0.717) is 31.8 Å². The van der Waals surface area contributed by atoms with Crippen molar-refractivity contribution in [3.05, 3.63) is 58.0 Å². The van der Waals surface area contributed by atoms with E-state index in [2.05, 4.69) is 24.1 Å². The van der Waals surface area contributed by atoms with Crippen molar-refractivity contribution in [2.75, 3.05) is 32.1 Å². The number of methoxy groups -OCH3 is 1. The maximum absolute atomic E-state index is 14.7. The number of phenols is 2. The fourth-order valence-corrected chi connectivity index (χ4v) is 9.20. The van der Waals surface area contributed by atoms with Crippen LogP contribution in [0.15, 0.2) is 46.1 Å². The third-order valence-electron chi connectivity index (χ3n) is 12.9. The zero-order chi connectivity index (χ0) is 44.9. The minimum absolute atomic E-state index is 0.0364. The number of aliphatic hydroxyl groups excluding tert-OH is 2. The number of hydrogen-bond donors (Lipinski definition) is 5. The molecule has 332 valence electrons. The molecule has 1 saturated heterocycles. The van der Waals surface area contributed by atoms with E-state index in [1.807, 2.05) is 0 Å². The van der Waals surface area contributed by atoms with Gasteiger partial charge in [-0.15, -0.1) is 0 Å². The largest absolute Gasteiger partial charge is 0.507 e. The van der Waals surface area contributed by atoms with Crippen LogP contribution in [0, 0.1) is 36.5 Å². The Morgan fingerprint density at radius 2 is 1.62 bits per heavy atom. The summed E-state index contributed by atoms with van der Waals surface area (Å²) in [4.78, 5) is 53.7. The Bertz CT molecular complexity index is 2300. The number of ether oxygens (including phenoxy) is 4. The smallest absolute Gasteiger partial charge is 0.312 e. The van der Waals surface area contributed by atoms with Gasteiger partial charge in [0, 0.05) is 93.6 Å². The molecule has 0 radical (unpaired) electrons. The highest BCUT2D eigenvalue weighted by molar-refractivity contribution is 6.19. The normalized spacial score (nSPS) is 32.7. The summed E-state index contributed by atoms with van der Waals surface area (Å²) >= 11 is 0. The summed E-state index contributed by atoms with van der Waals surface area (Å²) in [5.41, 5.74) is -0.572. The van der Waals surface area contributed by atoms with Gasteiger partial charge in [-0.25, -0.2) is 0 Å². The molecule has 1 amide bonds. The Balaban J connectivity index is 1.54. The molecule has 15 nitrogen and oxygen atoms in total. The molecule has 0 saturated carbocycles. The SMILES string of the molecule is CO[C@@H]1/C=C\O[C@@]2(C)Oc3c(C)c(O)c4c(O)c(c5c(c4c3C2=O)=NC2(CCN(CC(C)C)CC2)N=5)NC(=O)/C(C)=C\C=C/[C@@H](C)[C@@H](O)[C@H](C)[C@H](O)[C@H](C)[C@H](OC(C)=O)[C@@H]1C. The summed E-state index contributed by atoms with van der Waals surface area (Å²) in [6, 6.07) is 0. The first-order valence-corrected chi connectivity index (χ1v) is 21.2. The van der Waals surface area contributed by atoms with Crippen LogP contribution in [0.4, 0.5) is 5.69 Å². The molecule has 1 fully saturated rings. The summed E-state index contributed by atoms with van der Waals surface area (Å²) in [5.74, 6) is -6.44. The number of esters is 1. The van der Waals surface area contributed by atoms with E-state index in [0.717, 1.165) is 6.54 Å². The summed E-state index contributed by atoms with van der Waals surface area (Å²) in [6.45, 7) is 19.5. The number of anilines is 1. The number of benzene rings is 2. The van der Waals surface area contributed by atoms with E-state index in [1.54, 1.807) is 65.8 Å². The molecule has 5 N–H and O–H groups in total. The quantitative estimate of drug-likeness (QED) is 0.209. The van der Waals surface area contributed by atoms with Gasteiger partial charge in [-0.1, -0.05) is 59.8 Å². The summed E-state index contributed by atoms with van der Waals surface area (Å²) < 4.78 is 24.0. The maximum Gasteiger partial charge on any atom is 0.312 e. The van der Waals surface area contributed by atoms with Crippen molar-refractivity contribution in [3.8, 4) is 17.2 Å². The predicted molar refractivity (Wildman–Crippen MR) is 228 cm³/mol. The molecular weight excluding hydrogens is 785 g/mol. The van der Waals surface area contributed by atoms with Gasteiger partial charge < -0.3 is 49.6 Å². The van der Waals surface area contributed by atoms with Gasteiger partial charge in [-0.3, -0.25) is 24.4 Å². The number of nitrogens with one attached hydrogen (secondary N) is 1. The van der Waals surface area contributed by atoms with E-state index in [9.17, 15) is 34.8 Å². The minimum atomic E-state index is -1.96. The number of allylic oxidation sites excluding steroid dienone is 2. The van der Waals surface area contributed by atoms with Crippen molar-refractivity contribution in [2.24, 2.45) is 39.6 Å². The molecule has 2 aromatic carbocycles. The Morgan fingerprint density at radius 1 is 0.967 bits per heavy atom. The van der Waals surface area contributed by atoms with E-state index >= 15 is 0 Å². The number of ketones is 1. The second-order valence-electron chi connectivity index (χ2n) is 18.0. The number of Topliss-reactive ketones (excluding diaryl/α,β-unsaturated/α-hetero) is 1. The second kappa shape index (κ2) is 17.5. The van der Waals surface area contributed by atoms with Crippen molar-refractivity contribution >= 4 is 34.1 Å². The van der Waals surface area contributed by atoms with Gasteiger partial charge in [0.15, 0.2) is 11.4 Å². The average Bonchev–Trinajstić information content (AvgIpc) is 3.71. The number of fused-ring (bicyclic) bond motifs is 1. The molecule has 4 aliphatic rings. The Morgan fingerprint density at radius 3 is 2.25 bits per heavy atom. The zero-order valence-corrected chi connectivity index (χ0v) is 37.1. The number of amides is 1. The van der Waals surface area contributed by atoms with Crippen LogP contribution in [0.2, 0.25) is 0 Å². The fourth-order valence-electron chi connectivity index (χ4n) is 9.20. The van der Waals surface area contributed by atoms with Crippen molar-refractivity contribution in [2.45, 2.75) is 118 Å². The number of rotatable bonds is 4. The molecule has 4 heterocycles. The third kappa shape index (κ3) is 8.54. The van der Waals surface area contributed by atoms with E-state index in [1.165, 1.54) is 27.2 Å². The van der Waals surface area contributed by atoms with E-state index in [-0.39, 0.29) is 55.4 Å². The molecule has 6 rings (SSSR count). The monoisotopic (exact) mass is 846 g/mol. The first-order valence-electron chi connectivity index (χ1n) is 21.2. The Kier molecular flexibility index (Phi) is 13.1. The lowest BCUT2D eigenvalue weighted by Crippen LogP contribution is -2.46. The van der Waals surface area contributed by atoms with Gasteiger partial charge in [0.25, 0.3) is 11.7 Å². The molecule has 0 unspecified atom stereocenters. The van der Waals surface area contributed by atoms with Crippen molar-refractivity contribution < 1.29 is 53.8 Å². The van der Waals surface area contributed by atoms with Gasteiger partial charge >= 0.3 is 11.8 Å². The van der Waals surface area contributed by atoms with Crippen LogP contribution in [0.3, 0.4) is 0 Å². The number of likely N-dealkylation sites (tertiary alicyclic amines) is 1. The van der Waals surface area contributed by atoms with Crippen LogP contribution >= 0.6 is 0 Å². The number of carbonyl (C=O) groups is 3. The first kappa shape index (κ1) is 45.7. The predicted octanol–water partition coefficient (Wildman–Crippen LogP) is 4.75. The van der Waals surface area contributed by atoms with Crippen molar-refractivity contribution in [3.63, 3.8) is 0 Å². The average molecular weight is 847 g/mol. The zero-order valence-electron chi connectivity index (χ0n) is 37.1. The molecule has 9 atom stereocenters. The number of hydrogen-bond acceptors (Lipinski definition) is 14. The van der Waals surface area contributed by atoms with Crippen molar-refractivity contribution in [1.82, 2.24) is 4.90 Å². The van der Waals surface area contributed by atoms with Gasteiger partial charge in [-0.05, 0) is 25.8 Å². The highest BCUT2D eigenvalue weighted by Crippen LogP contribution is 2.50. The standard InChI is InChI=1S/C46H62N4O11/c1-22(2)21-50-18-16-46(17-19-50)48-34-31-32-39(54)28(8)42-33(31)43(56)45(10,61-42)59-20-15-30(58-11)25(5)41(60-29(9)51)27(7)38(53)26(6)37(52)23(3)13-12-14-24(4)44(57)47-36(40(32)55)35(34)49-46/h12-15,20,22-23,25-27,30,37-38,41,52-55H,16-19,21H2,1-11H3,(H,47,57)/b13-12-,20-15-,24-14-/t23-,25-,26+,27+,30-,37-,38+,41-,45+/m1/s1. The molecule has 1 spiro atoms. The van der Waals surface area contributed by atoms with Crippen LogP contribution in [-0.4, -0.2) is 106 Å². The summed E-state index contributed by atoms with van der Waals surface area (Å²) in [5, 5.41) is 50.2. The van der Waals surface area contributed by atoms with E-state index < -0.39 is 82.9 Å². The molecule has 0 aliphatic carbocycles. The molecular formula is C46H62N4O11. The maximum atomic E-state index is 14.7. The second-order valence-corrected chi connectivity index (χ2v) is 18.0. The number of carbonyl (C=O) groups excluding carboxylic acids is 3. The molecule has 61 heavy (non-hydrogen) atoms. The summed E-state index contributed by atoms with van der Waals surface area (Å²) in [6.07, 6.45) is 5.04. The number of aliphatic hydroxyl groups is 2. The molecule has 4 aliphatic heterocycles. The molecule has 2 aromatic rings. The molecule has 0 aromatic heterocycles. The van der Waals surface area contributed by atoms with Crippen LogP contribution in [0.5, 0.6) is 17.2 Å². The number of piperidine rings is 1. The molecule has 15 heteroatoms. The minimum Gasteiger partial charge on any atom is -0.507 e. The van der Waals surface area contributed by atoms with Crippen LogP contribution in [-0.2, 0) is 23.8 Å². The van der Waals surface area contributed by atoms with Crippen molar-refractivity contribution in [1.29, 1.82) is 0 Å². The van der Waals surface area contributed by atoms with E-state index in [4.69, 9.17) is 28.9 Å². The van der Waals surface area contributed by atoms with Gasteiger partial charge in [0.05, 0.1) is 40.9 Å².